The average Bonchev–Trinajstić information content (AvgIpc) is 2.62. The van der Waals surface area contributed by atoms with E-state index in [0.29, 0.717) is 31.2 Å². The number of rotatable bonds is 3. The van der Waals surface area contributed by atoms with Crippen molar-refractivity contribution in [3.05, 3.63) is 58.9 Å². The molecule has 4 nitrogen and oxygen atoms in total. The Bertz CT molecular complexity index is 746. The van der Waals surface area contributed by atoms with E-state index in [-0.39, 0.29) is 11.5 Å². The second-order valence-electron chi connectivity index (χ2n) is 5.58. The maximum Gasteiger partial charge on any atom is 0.256 e. The maximum atomic E-state index is 13.8. The van der Waals surface area contributed by atoms with Crippen molar-refractivity contribution in [2.24, 2.45) is 0 Å². The van der Waals surface area contributed by atoms with Gasteiger partial charge in [0.15, 0.2) is 0 Å². The molecule has 126 valence electrons. The Morgan fingerprint density at radius 3 is 2.50 bits per heavy atom. The molecular weight excluding hydrogens is 331 g/mol. The molecule has 1 amide bonds. The van der Waals surface area contributed by atoms with E-state index in [1.807, 2.05) is 12.1 Å². The number of ether oxygens (including phenoxy) is 1. The lowest BCUT2D eigenvalue weighted by Crippen LogP contribution is -2.49. The molecule has 6 heteroatoms. The van der Waals surface area contributed by atoms with E-state index in [2.05, 4.69) is 4.90 Å². The second kappa shape index (κ2) is 7.09. The Labute approximate surface area is 145 Å². The van der Waals surface area contributed by atoms with Gasteiger partial charge in [-0.25, -0.2) is 4.39 Å². The number of hydrogen-bond donors (Lipinski definition) is 0. The molecule has 1 saturated heterocycles. The summed E-state index contributed by atoms with van der Waals surface area (Å²) in [5.74, 6) is -0.0134. The monoisotopic (exact) mass is 348 g/mol. The van der Waals surface area contributed by atoms with Crippen LogP contribution in [0.1, 0.15) is 10.4 Å². The summed E-state index contributed by atoms with van der Waals surface area (Å²) in [5, 5.41) is 0.635. The minimum Gasteiger partial charge on any atom is -0.495 e. The molecule has 1 aliphatic heterocycles. The molecule has 1 heterocycles. The Balaban J connectivity index is 1.71. The molecule has 3 rings (SSSR count). The van der Waals surface area contributed by atoms with Crippen LogP contribution in [-0.2, 0) is 0 Å². The van der Waals surface area contributed by atoms with Crippen molar-refractivity contribution >= 4 is 23.2 Å². The fourth-order valence-electron chi connectivity index (χ4n) is 2.87. The number of hydrogen-bond acceptors (Lipinski definition) is 3. The molecule has 0 saturated carbocycles. The van der Waals surface area contributed by atoms with Gasteiger partial charge in [-0.3, -0.25) is 4.79 Å². The zero-order valence-electron chi connectivity index (χ0n) is 13.3. The lowest BCUT2D eigenvalue weighted by molar-refractivity contribution is 0.0742. The summed E-state index contributed by atoms with van der Waals surface area (Å²) in [6.07, 6.45) is 0. The topological polar surface area (TPSA) is 32.8 Å². The average molecular weight is 349 g/mol. The van der Waals surface area contributed by atoms with Crippen molar-refractivity contribution in [1.29, 1.82) is 0 Å². The number of amides is 1. The highest BCUT2D eigenvalue weighted by molar-refractivity contribution is 6.30. The van der Waals surface area contributed by atoms with Crippen LogP contribution < -0.4 is 9.64 Å². The SMILES string of the molecule is COc1ccc(Cl)cc1N1CCN(C(=O)c2ccccc2F)CC1. The number of anilines is 1. The molecule has 0 aromatic heterocycles. The van der Waals surface area contributed by atoms with Gasteiger partial charge in [0.1, 0.15) is 11.6 Å². The van der Waals surface area contributed by atoms with Crippen LogP contribution >= 0.6 is 11.6 Å². The number of nitrogens with zero attached hydrogens (tertiary/aromatic N) is 2. The van der Waals surface area contributed by atoms with Crippen LogP contribution in [0.25, 0.3) is 0 Å². The molecule has 0 spiro atoms. The summed E-state index contributed by atoms with van der Waals surface area (Å²) in [6, 6.07) is 11.5. The minimum absolute atomic E-state index is 0.117. The minimum atomic E-state index is -0.485. The number of halogens is 2. The molecule has 2 aromatic rings. The molecule has 2 aromatic carbocycles. The molecule has 0 unspecified atom stereocenters. The smallest absolute Gasteiger partial charge is 0.256 e. The van der Waals surface area contributed by atoms with E-state index < -0.39 is 5.82 Å². The Morgan fingerprint density at radius 2 is 1.83 bits per heavy atom. The molecule has 0 N–H and O–H groups in total. The van der Waals surface area contributed by atoms with Crippen LogP contribution in [-0.4, -0.2) is 44.1 Å². The lowest BCUT2D eigenvalue weighted by Gasteiger charge is -2.36. The largest absolute Gasteiger partial charge is 0.495 e. The third-order valence-corrected chi connectivity index (χ3v) is 4.39. The summed E-state index contributed by atoms with van der Waals surface area (Å²) in [5.41, 5.74) is 1.02. The van der Waals surface area contributed by atoms with Crippen LogP contribution in [0.5, 0.6) is 5.75 Å². The Morgan fingerprint density at radius 1 is 1.12 bits per heavy atom. The predicted molar refractivity (Wildman–Crippen MR) is 92.5 cm³/mol. The van der Waals surface area contributed by atoms with Crippen molar-refractivity contribution in [2.75, 3.05) is 38.2 Å². The molecule has 1 aliphatic rings. The van der Waals surface area contributed by atoms with Crippen molar-refractivity contribution in [2.45, 2.75) is 0 Å². The van der Waals surface area contributed by atoms with Crippen molar-refractivity contribution in [3.8, 4) is 5.75 Å². The third kappa shape index (κ3) is 3.31. The van der Waals surface area contributed by atoms with Gasteiger partial charge in [0.25, 0.3) is 5.91 Å². The first kappa shape index (κ1) is 16.6. The number of piperazine rings is 1. The van der Waals surface area contributed by atoms with Gasteiger partial charge in [-0.05, 0) is 30.3 Å². The fourth-order valence-corrected chi connectivity index (χ4v) is 3.03. The van der Waals surface area contributed by atoms with E-state index in [4.69, 9.17) is 16.3 Å². The van der Waals surface area contributed by atoms with Gasteiger partial charge in [-0.15, -0.1) is 0 Å². The highest BCUT2D eigenvalue weighted by Crippen LogP contribution is 2.32. The molecule has 0 atom stereocenters. The van der Waals surface area contributed by atoms with Crippen LogP contribution in [0.2, 0.25) is 5.02 Å². The number of methoxy groups -OCH3 is 1. The normalized spacial score (nSPS) is 14.6. The maximum absolute atomic E-state index is 13.8. The van der Waals surface area contributed by atoms with E-state index in [1.165, 1.54) is 12.1 Å². The number of carbonyl (C=O) groups is 1. The van der Waals surface area contributed by atoms with Gasteiger partial charge < -0.3 is 14.5 Å². The van der Waals surface area contributed by atoms with E-state index in [0.717, 1.165) is 11.4 Å². The third-order valence-electron chi connectivity index (χ3n) is 4.15. The summed E-state index contributed by atoms with van der Waals surface area (Å²) >= 11 is 6.08. The summed E-state index contributed by atoms with van der Waals surface area (Å²) in [6.45, 7) is 2.31. The molecule has 24 heavy (non-hydrogen) atoms. The first-order chi connectivity index (χ1) is 11.6. The van der Waals surface area contributed by atoms with Gasteiger partial charge in [0.05, 0.1) is 18.4 Å². The van der Waals surface area contributed by atoms with Crippen molar-refractivity contribution < 1.29 is 13.9 Å². The number of benzene rings is 2. The van der Waals surface area contributed by atoms with E-state index in [1.54, 1.807) is 30.2 Å². The molecular formula is C18H18ClFN2O2. The first-order valence-electron chi connectivity index (χ1n) is 7.72. The molecule has 1 fully saturated rings. The van der Waals surface area contributed by atoms with Crippen LogP contribution in [0.4, 0.5) is 10.1 Å². The molecule has 0 radical (unpaired) electrons. The fraction of sp³-hybridized carbons (Fsp3) is 0.278. The van der Waals surface area contributed by atoms with Crippen LogP contribution in [0.15, 0.2) is 42.5 Å². The predicted octanol–water partition coefficient (Wildman–Crippen LogP) is 3.45. The summed E-state index contributed by atoms with van der Waals surface area (Å²) in [7, 11) is 1.62. The van der Waals surface area contributed by atoms with Crippen LogP contribution in [0.3, 0.4) is 0 Å². The van der Waals surface area contributed by atoms with E-state index >= 15 is 0 Å². The zero-order valence-corrected chi connectivity index (χ0v) is 14.1. The quantitative estimate of drug-likeness (QED) is 0.851. The lowest BCUT2D eigenvalue weighted by atomic mass is 10.1. The summed E-state index contributed by atoms with van der Waals surface area (Å²) in [4.78, 5) is 16.3. The molecule has 0 bridgehead atoms. The van der Waals surface area contributed by atoms with Crippen LogP contribution in [0, 0.1) is 5.82 Å². The standard InChI is InChI=1S/C18H18ClFN2O2/c1-24-17-7-6-13(19)12-16(17)21-8-10-22(11-9-21)18(23)14-4-2-3-5-15(14)20/h2-7,12H,8-11H2,1H3. The zero-order chi connectivity index (χ0) is 17.1. The number of carbonyl (C=O) groups excluding carboxylic acids is 1. The Hall–Kier alpha value is -2.27. The molecule has 0 aliphatic carbocycles. The summed E-state index contributed by atoms with van der Waals surface area (Å²) < 4.78 is 19.2. The van der Waals surface area contributed by atoms with Gasteiger partial charge in [0.2, 0.25) is 0 Å². The highest BCUT2D eigenvalue weighted by atomic mass is 35.5. The first-order valence-corrected chi connectivity index (χ1v) is 8.10. The van der Waals surface area contributed by atoms with Gasteiger partial charge in [-0.1, -0.05) is 23.7 Å². The van der Waals surface area contributed by atoms with Gasteiger partial charge in [-0.2, -0.15) is 0 Å². The van der Waals surface area contributed by atoms with Gasteiger partial charge >= 0.3 is 0 Å². The van der Waals surface area contributed by atoms with E-state index in [9.17, 15) is 9.18 Å². The second-order valence-corrected chi connectivity index (χ2v) is 6.01. The van der Waals surface area contributed by atoms with Gasteiger partial charge in [0, 0.05) is 31.2 Å². The highest BCUT2D eigenvalue weighted by Gasteiger charge is 2.25. The Kier molecular flexibility index (Phi) is 4.90. The van der Waals surface area contributed by atoms with Crippen molar-refractivity contribution in [1.82, 2.24) is 4.90 Å². The van der Waals surface area contributed by atoms with Crippen molar-refractivity contribution in [3.63, 3.8) is 0 Å².